The van der Waals surface area contributed by atoms with E-state index in [4.69, 9.17) is 0 Å². The first-order valence-electron chi connectivity index (χ1n) is 10.5. The van der Waals surface area contributed by atoms with Crippen LogP contribution in [-0.2, 0) is 6.42 Å². The summed E-state index contributed by atoms with van der Waals surface area (Å²) in [5.74, 6) is -0.00408. The van der Waals surface area contributed by atoms with Crippen LogP contribution in [0.15, 0.2) is 42.5 Å². The van der Waals surface area contributed by atoms with E-state index in [2.05, 4.69) is 36.5 Å². The molecule has 2 aromatic carbocycles. The molecule has 0 atom stereocenters. The molecule has 156 valence electrons. The third kappa shape index (κ3) is 4.08. The number of piperidine rings is 1. The Balaban J connectivity index is 1.28. The lowest BCUT2D eigenvalue weighted by atomic mass is 9.90. The molecule has 30 heavy (non-hydrogen) atoms. The van der Waals surface area contributed by atoms with E-state index in [9.17, 15) is 14.4 Å². The number of urea groups is 1. The van der Waals surface area contributed by atoms with E-state index in [1.807, 2.05) is 4.90 Å². The molecular formula is C24H27N3O3. The predicted octanol–water partition coefficient (Wildman–Crippen LogP) is 4.10. The quantitative estimate of drug-likeness (QED) is 0.779. The number of rotatable bonds is 4. The average molecular weight is 405 g/mol. The lowest BCUT2D eigenvalue weighted by Gasteiger charge is -2.32. The second kappa shape index (κ2) is 8.30. The summed E-state index contributed by atoms with van der Waals surface area (Å²) < 4.78 is 0. The van der Waals surface area contributed by atoms with Gasteiger partial charge in [-0.2, -0.15) is 0 Å². The first kappa shape index (κ1) is 20.1. The second-order valence-corrected chi connectivity index (χ2v) is 8.31. The van der Waals surface area contributed by atoms with Gasteiger partial charge in [0.2, 0.25) is 0 Å². The lowest BCUT2D eigenvalue weighted by molar-refractivity contribution is 0.0693. The fourth-order valence-corrected chi connectivity index (χ4v) is 4.19. The molecule has 1 N–H and O–H groups in total. The van der Waals surface area contributed by atoms with Crippen molar-refractivity contribution in [2.75, 3.05) is 25.5 Å². The number of nitrogens with zero attached hydrogens (tertiary/aromatic N) is 2. The first-order chi connectivity index (χ1) is 14.4. The number of carbonyl (C=O) groups is 3. The largest absolute Gasteiger partial charge is 0.325 e. The Kier molecular flexibility index (Phi) is 5.57. The number of hydrogen-bond acceptors (Lipinski definition) is 3. The van der Waals surface area contributed by atoms with Crippen LogP contribution in [0.1, 0.15) is 51.1 Å². The van der Waals surface area contributed by atoms with Crippen molar-refractivity contribution in [2.45, 2.75) is 32.6 Å². The minimum absolute atomic E-state index is 0.155. The Bertz CT molecular complexity index is 976. The molecule has 4 amide bonds. The topological polar surface area (TPSA) is 69.7 Å². The van der Waals surface area contributed by atoms with Crippen molar-refractivity contribution in [1.82, 2.24) is 9.80 Å². The molecule has 0 bridgehead atoms. The summed E-state index contributed by atoms with van der Waals surface area (Å²) in [4.78, 5) is 39.7. The number of amides is 4. The highest BCUT2D eigenvalue weighted by Gasteiger charge is 2.33. The Labute approximate surface area is 176 Å². The summed E-state index contributed by atoms with van der Waals surface area (Å²) >= 11 is 0. The number of benzene rings is 2. The molecule has 6 nitrogen and oxygen atoms in total. The molecule has 2 heterocycles. The van der Waals surface area contributed by atoms with Gasteiger partial charge in [0.1, 0.15) is 0 Å². The molecule has 1 saturated heterocycles. The minimum Gasteiger partial charge on any atom is -0.325 e. The molecule has 0 aromatic heterocycles. The molecule has 2 aliphatic heterocycles. The van der Waals surface area contributed by atoms with Crippen LogP contribution in [0.4, 0.5) is 10.5 Å². The number of carbonyl (C=O) groups excluding carboxylic acids is 3. The molecule has 0 spiro atoms. The Morgan fingerprint density at radius 2 is 1.67 bits per heavy atom. The van der Waals surface area contributed by atoms with Gasteiger partial charge in [-0.05, 0) is 62.3 Å². The summed E-state index contributed by atoms with van der Waals surface area (Å²) in [7, 11) is 1.46. The van der Waals surface area contributed by atoms with Gasteiger partial charge in [-0.25, -0.2) is 4.79 Å². The molecule has 0 saturated carbocycles. The minimum atomic E-state index is -0.333. The van der Waals surface area contributed by atoms with Gasteiger partial charge in [0.15, 0.2) is 0 Å². The molecular weight excluding hydrogens is 378 g/mol. The summed E-state index contributed by atoms with van der Waals surface area (Å²) in [6.07, 6.45) is 4.23. The Morgan fingerprint density at radius 1 is 1.00 bits per heavy atom. The zero-order valence-electron chi connectivity index (χ0n) is 17.5. The molecule has 0 aliphatic carbocycles. The zero-order valence-corrected chi connectivity index (χ0v) is 17.5. The van der Waals surface area contributed by atoms with E-state index >= 15 is 0 Å². The van der Waals surface area contributed by atoms with Crippen molar-refractivity contribution < 1.29 is 14.4 Å². The van der Waals surface area contributed by atoms with Crippen molar-refractivity contribution in [2.24, 2.45) is 5.92 Å². The van der Waals surface area contributed by atoms with Crippen LogP contribution in [0.5, 0.6) is 0 Å². The summed E-state index contributed by atoms with van der Waals surface area (Å²) in [6, 6.07) is 13.4. The molecule has 6 heteroatoms. The van der Waals surface area contributed by atoms with Crippen molar-refractivity contribution in [3.8, 4) is 0 Å². The molecule has 0 radical (unpaired) electrons. The van der Waals surface area contributed by atoms with Crippen LogP contribution in [0, 0.1) is 12.8 Å². The standard InChI is InChI=1S/C24H27N3O3/c1-16-3-5-17(6-4-16)7-8-18-11-13-27(14-12-18)24(30)25-19-9-10-20-21(15-19)23(29)26(2)22(20)28/h3-6,9-10,15,18H,7-8,11-14H2,1-2H3,(H,25,30). The molecule has 1 fully saturated rings. The summed E-state index contributed by atoms with van der Waals surface area (Å²) in [5.41, 5.74) is 3.92. The van der Waals surface area contributed by atoms with Crippen LogP contribution in [-0.4, -0.2) is 47.8 Å². The average Bonchev–Trinajstić information content (AvgIpc) is 2.97. The Morgan fingerprint density at radius 3 is 2.37 bits per heavy atom. The van der Waals surface area contributed by atoms with E-state index in [1.54, 1.807) is 18.2 Å². The van der Waals surface area contributed by atoms with Gasteiger partial charge in [-0.3, -0.25) is 14.5 Å². The first-order valence-corrected chi connectivity index (χ1v) is 10.5. The number of likely N-dealkylation sites (tertiary alicyclic amines) is 1. The summed E-state index contributed by atoms with van der Waals surface area (Å²) in [6.45, 7) is 3.56. The van der Waals surface area contributed by atoms with Crippen LogP contribution in [0.2, 0.25) is 0 Å². The number of anilines is 1. The van der Waals surface area contributed by atoms with E-state index in [-0.39, 0.29) is 17.8 Å². The van der Waals surface area contributed by atoms with Gasteiger partial charge in [0.25, 0.3) is 11.8 Å². The Hall–Kier alpha value is -3.15. The number of aryl methyl sites for hydroxylation is 2. The maximum Gasteiger partial charge on any atom is 0.321 e. The highest BCUT2D eigenvalue weighted by Crippen LogP contribution is 2.26. The zero-order chi connectivity index (χ0) is 21.3. The predicted molar refractivity (Wildman–Crippen MR) is 116 cm³/mol. The number of hydrogen-bond donors (Lipinski definition) is 1. The highest BCUT2D eigenvalue weighted by atomic mass is 16.2. The molecule has 0 unspecified atom stereocenters. The van der Waals surface area contributed by atoms with Crippen molar-refractivity contribution in [1.29, 1.82) is 0 Å². The van der Waals surface area contributed by atoms with Gasteiger partial charge in [-0.1, -0.05) is 29.8 Å². The van der Waals surface area contributed by atoms with E-state index < -0.39 is 0 Å². The van der Waals surface area contributed by atoms with Crippen LogP contribution in [0.3, 0.4) is 0 Å². The number of nitrogens with one attached hydrogen (secondary N) is 1. The second-order valence-electron chi connectivity index (χ2n) is 8.31. The summed E-state index contributed by atoms with van der Waals surface area (Å²) in [5, 5.41) is 2.87. The SMILES string of the molecule is Cc1ccc(CCC2CCN(C(=O)Nc3ccc4c(c3)C(=O)N(C)C4=O)CC2)cc1. The fraction of sp³-hybridized carbons (Fsp3) is 0.375. The van der Waals surface area contributed by atoms with Crippen molar-refractivity contribution in [3.05, 3.63) is 64.7 Å². The fourth-order valence-electron chi connectivity index (χ4n) is 4.19. The van der Waals surface area contributed by atoms with E-state index in [0.717, 1.165) is 43.7 Å². The van der Waals surface area contributed by atoms with E-state index in [0.29, 0.717) is 22.7 Å². The van der Waals surface area contributed by atoms with Gasteiger partial charge < -0.3 is 10.2 Å². The monoisotopic (exact) mass is 405 g/mol. The maximum absolute atomic E-state index is 12.6. The number of fused-ring (bicyclic) bond motifs is 1. The molecule has 4 rings (SSSR count). The highest BCUT2D eigenvalue weighted by molar-refractivity contribution is 6.21. The van der Waals surface area contributed by atoms with Crippen LogP contribution >= 0.6 is 0 Å². The van der Waals surface area contributed by atoms with Gasteiger partial charge >= 0.3 is 6.03 Å². The van der Waals surface area contributed by atoms with Crippen LogP contribution in [0.25, 0.3) is 0 Å². The third-order valence-corrected chi connectivity index (χ3v) is 6.20. The van der Waals surface area contributed by atoms with E-state index in [1.165, 1.54) is 18.2 Å². The van der Waals surface area contributed by atoms with Gasteiger partial charge in [-0.15, -0.1) is 0 Å². The molecule has 2 aromatic rings. The molecule has 2 aliphatic rings. The van der Waals surface area contributed by atoms with Crippen LogP contribution < -0.4 is 5.32 Å². The van der Waals surface area contributed by atoms with Gasteiger partial charge in [0, 0.05) is 25.8 Å². The number of imide groups is 1. The van der Waals surface area contributed by atoms with Gasteiger partial charge in [0.05, 0.1) is 11.1 Å². The van der Waals surface area contributed by atoms with Crippen molar-refractivity contribution in [3.63, 3.8) is 0 Å². The van der Waals surface area contributed by atoms with Crippen molar-refractivity contribution >= 4 is 23.5 Å². The normalized spacial score (nSPS) is 16.7. The lowest BCUT2D eigenvalue weighted by Crippen LogP contribution is -2.41. The third-order valence-electron chi connectivity index (χ3n) is 6.20. The smallest absolute Gasteiger partial charge is 0.321 e. The maximum atomic E-state index is 12.6.